The molecule has 1 fully saturated rings. The van der Waals surface area contributed by atoms with Gasteiger partial charge in [0.1, 0.15) is 17.2 Å². The molecule has 11 heteroatoms. The van der Waals surface area contributed by atoms with Gasteiger partial charge in [-0.05, 0) is 42.7 Å². The van der Waals surface area contributed by atoms with Gasteiger partial charge in [-0.25, -0.2) is 14.8 Å². The van der Waals surface area contributed by atoms with Crippen LogP contribution in [0.4, 0.5) is 22.1 Å². The summed E-state index contributed by atoms with van der Waals surface area (Å²) >= 11 is 7.74. The summed E-state index contributed by atoms with van der Waals surface area (Å²) in [6, 6.07) is 5.57. The Kier molecular flexibility index (Phi) is 6.33. The van der Waals surface area contributed by atoms with Crippen molar-refractivity contribution in [3.05, 3.63) is 34.3 Å². The summed E-state index contributed by atoms with van der Waals surface area (Å²) in [4.78, 5) is 32.6. The number of aromatic nitrogens is 2. The van der Waals surface area contributed by atoms with Crippen LogP contribution >= 0.6 is 23.4 Å². The maximum Gasteiger partial charge on any atom is 0.407 e. The molecule has 0 unspecified atom stereocenters. The molecule has 154 valence electrons. The van der Waals surface area contributed by atoms with Crippen molar-refractivity contribution in [2.45, 2.75) is 23.9 Å². The number of hydrogen-bond donors (Lipinski definition) is 4. The van der Waals surface area contributed by atoms with Gasteiger partial charge in [-0.2, -0.15) is 0 Å². The minimum Gasteiger partial charge on any atom is -0.465 e. The lowest BCUT2D eigenvalue weighted by atomic mass is 9.89. The number of primary amides is 1. The second-order valence-electron chi connectivity index (χ2n) is 6.59. The molecule has 2 heterocycles. The second-order valence-corrected chi connectivity index (χ2v) is 7.77. The quantitative estimate of drug-likeness (QED) is 0.412. The predicted molar refractivity (Wildman–Crippen MR) is 113 cm³/mol. The number of halogens is 1. The summed E-state index contributed by atoms with van der Waals surface area (Å²) in [6.07, 6.45) is 2.38. The first-order valence-corrected chi connectivity index (χ1v) is 10.5. The van der Waals surface area contributed by atoms with Gasteiger partial charge in [-0.1, -0.05) is 29.4 Å². The Balaban J connectivity index is 1.83. The molecule has 1 aromatic carbocycles. The fourth-order valence-corrected chi connectivity index (χ4v) is 3.91. The SMILES string of the molecule is CSc1nc(N)c(C(N)=O)c(Nc2ccc(C3CCN(C(=O)O)CC3)cc2Cl)n1. The maximum atomic E-state index is 11.8. The molecule has 0 bridgehead atoms. The van der Waals surface area contributed by atoms with Crippen molar-refractivity contribution in [1.82, 2.24) is 14.9 Å². The van der Waals surface area contributed by atoms with Crippen LogP contribution in [0.25, 0.3) is 0 Å². The van der Waals surface area contributed by atoms with Crippen molar-refractivity contribution >= 4 is 52.7 Å². The van der Waals surface area contributed by atoms with Crippen LogP contribution in [0, 0.1) is 0 Å². The van der Waals surface area contributed by atoms with E-state index in [0.717, 1.165) is 18.4 Å². The molecule has 6 N–H and O–H groups in total. The first-order valence-electron chi connectivity index (χ1n) is 8.85. The van der Waals surface area contributed by atoms with Crippen molar-refractivity contribution in [1.29, 1.82) is 0 Å². The Hall–Kier alpha value is -2.72. The molecule has 0 atom stereocenters. The number of rotatable bonds is 5. The largest absolute Gasteiger partial charge is 0.465 e. The number of nitrogen functional groups attached to an aromatic ring is 1. The molecular formula is C18H21ClN6O3S. The van der Waals surface area contributed by atoms with Gasteiger partial charge in [0.15, 0.2) is 5.16 Å². The van der Waals surface area contributed by atoms with Crippen LogP contribution in [0.2, 0.25) is 5.02 Å². The fraction of sp³-hybridized carbons (Fsp3) is 0.333. The van der Waals surface area contributed by atoms with E-state index in [1.807, 2.05) is 12.1 Å². The lowest BCUT2D eigenvalue weighted by Crippen LogP contribution is -2.36. The van der Waals surface area contributed by atoms with Gasteiger partial charge in [0.2, 0.25) is 0 Å². The summed E-state index contributed by atoms with van der Waals surface area (Å²) in [6.45, 7) is 0.995. The van der Waals surface area contributed by atoms with E-state index in [1.165, 1.54) is 16.7 Å². The number of thioether (sulfide) groups is 1. The Morgan fingerprint density at radius 1 is 1.31 bits per heavy atom. The standard InChI is InChI=1S/C18H21ClN6O3S/c1-29-17-23-14(20)13(15(21)26)16(24-17)22-12-3-2-10(8-11(12)19)9-4-6-25(7-5-9)18(27)28/h2-3,8-9H,4-7H2,1H3,(H2,21,26)(H,27,28)(H3,20,22,23,24). The Morgan fingerprint density at radius 2 is 2.00 bits per heavy atom. The van der Waals surface area contributed by atoms with Crippen molar-refractivity contribution in [2.75, 3.05) is 30.4 Å². The first kappa shape index (κ1) is 21.0. The summed E-state index contributed by atoms with van der Waals surface area (Å²) < 4.78 is 0. The van der Waals surface area contributed by atoms with Crippen LogP contribution in [0.3, 0.4) is 0 Å². The molecule has 1 aliphatic rings. The van der Waals surface area contributed by atoms with E-state index in [1.54, 1.807) is 12.3 Å². The zero-order chi connectivity index (χ0) is 21.1. The number of carbonyl (C=O) groups is 2. The van der Waals surface area contributed by atoms with Crippen molar-refractivity contribution < 1.29 is 14.7 Å². The molecule has 3 rings (SSSR count). The van der Waals surface area contributed by atoms with Crippen LogP contribution in [0.5, 0.6) is 0 Å². The highest BCUT2D eigenvalue weighted by Crippen LogP contribution is 2.34. The smallest absolute Gasteiger partial charge is 0.407 e. The number of carboxylic acid groups (broad SMARTS) is 1. The van der Waals surface area contributed by atoms with Crippen LogP contribution in [0.1, 0.15) is 34.7 Å². The molecule has 1 aromatic heterocycles. The van der Waals surface area contributed by atoms with Crippen LogP contribution in [-0.2, 0) is 0 Å². The van der Waals surface area contributed by atoms with Crippen LogP contribution in [-0.4, -0.2) is 51.3 Å². The van der Waals surface area contributed by atoms with Gasteiger partial charge in [0.25, 0.3) is 5.91 Å². The molecule has 0 radical (unpaired) electrons. The summed E-state index contributed by atoms with van der Waals surface area (Å²) in [5.74, 6) is -0.317. The molecular weight excluding hydrogens is 416 g/mol. The number of hydrogen-bond acceptors (Lipinski definition) is 7. The van der Waals surface area contributed by atoms with Crippen LogP contribution < -0.4 is 16.8 Å². The predicted octanol–water partition coefficient (Wildman–Crippen LogP) is 3.13. The zero-order valence-corrected chi connectivity index (χ0v) is 17.3. The Morgan fingerprint density at radius 3 is 2.55 bits per heavy atom. The highest BCUT2D eigenvalue weighted by atomic mass is 35.5. The average Bonchev–Trinajstić information content (AvgIpc) is 2.68. The third-order valence-corrected chi connectivity index (χ3v) is 5.69. The van der Waals surface area contributed by atoms with Crippen molar-refractivity contribution in [3.63, 3.8) is 0 Å². The lowest BCUT2D eigenvalue weighted by molar-refractivity contribution is 0.100. The van der Waals surface area contributed by atoms with E-state index >= 15 is 0 Å². The molecule has 9 nitrogen and oxygen atoms in total. The number of amides is 2. The summed E-state index contributed by atoms with van der Waals surface area (Å²) in [5, 5.41) is 12.9. The second kappa shape index (κ2) is 8.75. The number of benzene rings is 1. The number of anilines is 3. The van der Waals surface area contributed by atoms with E-state index in [2.05, 4.69) is 15.3 Å². The highest BCUT2D eigenvalue weighted by Gasteiger charge is 2.24. The lowest BCUT2D eigenvalue weighted by Gasteiger charge is -2.30. The van der Waals surface area contributed by atoms with E-state index in [-0.39, 0.29) is 23.1 Å². The summed E-state index contributed by atoms with van der Waals surface area (Å²) in [7, 11) is 0. The van der Waals surface area contributed by atoms with Gasteiger partial charge in [-0.3, -0.25) is 4.79 Å². The number of likely N-dealkylation sites (tertiary alicyclic amines) is 1. The van der Waals surface area contributed by atoms with Gasteiger partial charge in [-0.15, -0.1) is 0 Å². The average molecular weight is 437 g/mol. The molecule has 2 aromatic rings. The normalized spacial score (nSPS) is 14.6. The number of carbonyl (C=O) groups excluding carboxylic acids is 1. The molecule has 1 saturated heterocycles. The van der Waals surface area contributed by atoms with Gasteiger partial charge >= 0.3 is 6.09 Å². The van der Waals surface area contributed by atoms with Gasteiger partial charge in [0.05, 0.1) is 10.7 Å². The highest BCUT2D eigenvalue weighted by molar-refractivity contribution is 7.98. The molecule has 2 amide bonds. The summed E-state index contributed by atoms with van der Waals surface area (Å²) in [5.41, 5.74) is 12.9. The minimum atomic E-state index is -0.889. The number of nitrogens with zero attached hydrogens (tertiary/aromatic N) is 3. The molecule has 29 heavy (non-hydrogen) atoms. The fourth-order valence-electron chi connectivity index (χ4n) is 3.30. The monoisotopic (exact) mass is 436 g/mol. The topological polar surface area (TPSA) is 147 Å². The Bertz CT molecular complexity index is 949. The van der Waals surface area contributed by atoms with E-state index < -0.39 is 12.0 Å². The van der Waals surface area contributed by atoms with Crippen molar-refractivity contribution in [2.24, 2.45) is 5.73 Å². The van der Waals surface area contributed by atoms with Crippen LogP contribution in [0.15, 0.2) is 23.4 Å². The molecule has 0 spiro atoms. The van der Waals surface area contributed by atoms with Gasteiger partial charge in [0, 0.05) is 13.1 Å². The minimum absolute atomic E-state index is 0.00252. The maximum absolute atomic E-state index is 11.8. The first-order chi connectivity index (χ1) is 13.8. The number of nitrogens with two attached hydrogens (primary N) is 2. The van der Waals surface area contributed by atoms with Gasteiger partial charge < -0.3 is 26.8 Å². The number of nitrogens with one attached hydrogen (secondary N) is 1. The molecule has 0 aliphatic carbocycles. The molecule has 1 aliphatic heterocycles. The molecule has 0 saturated carbocycles. The van der Waals surface area contributed by atoms with Crippen molar-refractivity contribution in [3.8, 4) is 0 Å². The third kappa shape index (κ3) is 4.65. The van der Waals surface area contributed by atoms with E-state index in [9.17, 15) is 9.59 Å². The Labute approximate surface area is 176 Å². The van der Waals surface area contributed by atoms with E-state index in [0.29, 0.717) is 29.0 Å². The van der Waals surface area contributed by atoms with E-state index in [4.69, 9.17) is 28.2 Å². The third-order valence-electron chi connectivity index (χ3n) is 4.83. The zero-order valence-electron chi connectivity index (χ0n) is 15.7. The number of piperidine rings is 1.